The van der Waals surface area contributed by atoms with Crippen LogP contribution in [0.2, 0.25) is 0 Å². The number of fused-ring (bicyclic) bond motifs is 1. The minimum Gasteiger partial charge on any atom is -0.497 e. The molecule has 0 aliphatic carbocycles. The first-order valence-corrected chi connectivity index (χ1v) is 6.46. The summed E-state index contributed by atoms with van der Waals surface area (Å²) in [5, 5.41) is 5.33. The quantitative estimate of drug-likeness (QED) is 0.925. The molecule has 5 nitrogen and oxygen atoms in total. The molecule has 0 radical (unpaired) electrons. The smallest absolute Gasteiger partial charge is 0.423 e. The Kier molecular flexibility index (Phi) is 3.31. The van der Waals surface area contributed by atoms with Gasteiger partial charge >= 0.3 is 6.18 Å². The highest BCUT2D eigenvalue weighted by Gasteiger charge is 2.39. The fourth-order valence-corrected chi connectivity index (χ4v) is 2.57. The van der Waals surface area contributed by atoms with Gasteiger partial charge in [0.25, 0.3) is 5.56 Å². The predicted molar refractivity (Wildman–Crippen MR) is 72.7 cm³/mol. The number of aromatic nitrogens is 2. The number of anilines is 1. The average Bonchev–Trinajstić information content (AvgIpc) is 2.88. The molecule has 2 heterocycles. The van der Waals surface area contributed by atoms with E-state index in [9.17, 15) is 18.0 Å². The van der Waals surface area contributed by atoms with Crippen molar-refractivity contribution in [3.8, 4) is 5.75 Å². The Bertz CT molecular complexity index is 771. The lowest BCUT2D eigenvalue weighted by molar-refractivity contribution is -0.138. The molecule has 22 heavy (non-hydrogen) atoms. The van der Waals surface area contributed by atoms with Gasteiger partial charge in [-0.25, -0.2) is 5.10 Å². The van der Waals surface area contributed by atoms with E-state index in [0.717, 1.165) is 17.3 Å². The Hall–Kier alpha value is -2.51. The third-order valence-corrected chi connectivity index (χ3v) is 3.60. The molecule has 0 bridgehead atoms. The van der Waals surface area contributed by atoms with Crippen LogP contribution in [0.25, 0.3) is 0 Å². The molecule has 0 spiro atoms. The molecular formula is C14H12F3N3O2. The molecule has 0 fully saturated rings. The van der Waals surface area contributed by atoms with Crippen LogP contribution in [0, 0.1) is 0 Å². The molecule has 0 atom stereocenters. The van der Waals surface area contributed by atoms with Crippen LogP contribution in [0.5, 0.6) is 5.75 Å². The summed E-state index contributed by atoms with van der Waals surface area (Å²) >= 11 is 0. The van der Waals surface area contributed by atoms with E-state index in [-0.39, 0.29) is 18.8 Å². The summed E-state index contributed by atoms with van der Waals surface area (Å²) in [5.74, 6) is 0.640. The molecule has 0 unspecified atom stereocenters. The van der Waals surface area contributed by atoms with E-state index in [2.05, 4.69) is 5.10 Å². The number of hydrogen-bond acceptors (Lipinski definition) is 4. The van der Waals surface area contributed by atoms with Gasteiger partial charge in [0, 0.05) is 13.1 Å². The maximum Gasteiger partial charge on any atom is 0.423 e. The summed E-state index contributed by atoms with van der Waals surface area (Å²) < 4.78 is 44.5. The first-order valence-electron chi connectivity index (χ1n) is 6.46. The highest BCUT2D eigenvalue weighted by molar-refractivity contribution is 5.56. The Morgan fingerprint density at radius 2 is 2.00 bits per heavy atom. The topological polar surface area (TPSA) is 58.2 Å². The SMILES string of the molecule is COc1ccc2c(c1)CN(c1cn[nH]c(=O)c1C(F)(F)F)C2. The minimum absolute atomic E-state index is 0.216. The normalized spacial score (nSPS) is 14.1. The van der Waals surface area contributed by atoms with Crippen molar-refractivity contribution in [3.05, 3.63) is 51.4 Å². The third kappa shape index (κ3) is 2.40. The Morgan fingerprint density at radius 3 is 2.68 bits per heavy atom. The molecule has 3 rings (SSSR count). The van der Waals surface area contributed by atoms with Gasteiger partial charge in [0.1, 0.15) is 11.3 Å². The summed E-state index contributed by atoms with van der Waals surface area (Å²) in [6, 6.07) is 5.34. The number of hydrogen-bond donors (Lipinski definition) is 1. The van der Waals surface area contributed by atoms with Gasteiger partial charge in [-0.3, -0.25) is 4.79 Å². The number of halogens is 3. The molecule has 1 aromatic heterocycles. The molecule has 1 aliphatic rings. The van der Waals surface area contributed by atoms with Gasteiger partial charge in [0.2, 0.25) is 0 Å². The second-order valence-electron chi connectivity index (χ2n) is 4.95. The van der Waals surface area contributed by atoms with E-state index in [1.165, 1.54) is 12.0 Å². The predicted octanol–water partition coefficient (Wildman–Crippen LogP) is 2.32. The molecule has 1 aliphatic heterocycles. The summed E-state index contributed by atoms with van der Waals surface area (Å²) in [5.41, 5.74) is -0.908. The van der Waals surface area contributed by atoms with E-state index in [0.29, 0.717) is 5.75 Å². The number of rotatable bonds is 2. The number of nitrogens with one attached hydrogen (secondary N) is 1. The highest BCUT2D eigenvalue weighted by atomic mass is 19.4. The van der Waals surface area contributed by atoms with Crippen LogP contribution in [0.15, 0.2) is 29.2 Å². The molecule has 0 amide bonds. The lowest BCUT2D eigenvalue weighted by Gasteiger charge is -2.21. The average molecular weight is 311 g/mol. The Balaban J connectivity index is 2.01. The highest BCUT2D eigenvalue weighted by Crippen LogP contribution is 2.37. The first-order chi connectivity index (χ1) is 10.4. The van der Waals surface area contributed by atoms with Crippen LogP contribution < -0.4 is 15.2 Å². The van der Waals surface area contributed by atoms with Crippen LogP contribution in [0.3, 0.4) is 0 Å². The maximum atomic E-state index is 13.1. The molecule has 1 aromatic carbocycles. The number of aromatic amines is 1. The van der Waals surface area contributed by atoms with Gasteiger partial charge in [0.05, 0.1) is 19.0 Å². The standard InChI is InChI=1S/C14H12F3N3O2/c1-22-10-3-2-8-6-20(7-9(8)4-10)11-5-18-19-13(21)12(11)14(15,16)17/h2-5H,6-7H2,1H3,(H,19,21). The van der Waals surface area contributed by atoms with Gasteiger partial charge in [-0.1, -0.05) is 6.07 Å². The molecule has 2 aromatic rings. The van der Waals surface area contributed by atoms with Gasteiger partial charge in [0.15, 0.2) is 0 Å². The van der Waals surface area contributed by atoms with Crippen molar-refractivity contribution < 1.29 is 17.9 Å². The van der Waals surface area contributed by atoms with Gasteiger partial charge in [-0.2, -0.15) is 18.3 Å². The van der Waals surface area contributed by atoms with Crippen molar-refractivity contribution in [1.29, 1.82) is 0 Å². The van der Waals surface area contributed by atoms with Crippen molar-refractivity contribution in [2.45, 2.75) is 19.3 Å². The third-order valence-electron chi connectivity index (χ3n) is 3.60. The van der Waals surface area contributed by atoms with Crippen molar-refractivity contribution in [2.24, 2.45) is 0 Å². The zero-order valence-corrected chi connectivity index (χ0v) is 11.6. The van der Waals surface area contributed by atoms with Crippen molar-refractivity contribution >= 4 is 5.69 Å². The zero-order chi connectivity index (χ0) is 15.9. The van der Waals surface area contributed by atoms with Crippen LogP contribution >= 0.6 is 0 Å². The summed E-state index contributed by atoms with van der Waals surface area (Å²) in [4.78, 5) is 13.0. The monoisotopic (exact) mass is 311 g/mol. The summed E-state index contributed by atoms with van der Waals surface area (Å²) in [6.07, 6.45) is -3.70. The number of H-pyrrole nitrogens is 1. The van der Waals surface area contributed by atoms with Crippen molar-refractivity contribution in [3.63, 3.8) is 0 Å². The van der Waals surface area contributed by atoms with Crippen molar-refractivity contribution in [1.82, 2.24) is 10.2 Å². The van der Waals surface area contributed by atoms with Gasteiger partial charge in [-0.05, 0) is 23.3 Å². The molecule has 0 saturated carbocycles. The number of nitrogens with zero attached hydrogens (tertiary/aromatic N) is 2. The van der Waals surface area contributed by atoms with E-state index < -0.39 is 17.3 Å². The van der Waals surface area contributed by atoms with Gasteiger partial charge < -0.3 is 9.64 Å². The van der Waals surface area contributed by atoms with Crippen LogP contribution in [-0.2, 0) is 19.3 Å². The number of methoxy groups -OCH3 is 1. The van der Waals surface area contributed by atoms with Crippen LogP contribution in [-0.4, -0.2) is 17.3 Å². The Morgan fingerprint density at radius 1 is 1.27 bits per heavy atom. The second-order valence-corrected chi connectivity index (χ2v) is 4.95. The number of benzene rings is 1. The first kappa shape index (κ1) is 14.4. The lowest BCUT2D eigenvalue weighted by atomic mass is 10.1. The van der Waals surface area contributed by atoms with E-state index in [1.807, 2.05) is 11.2 Å². The minimum atomic E-state index is -4.74. The summed E-state index contributed by atoms with van der Waals surface area (Å²) in [7, 11) is 1.52. The maximum absolute atomic E-state index is 13.1. The van der Waals surface area contributed by atoms with Crippen LogP contribution in [0.4, 0.5) is 18.9 Å². The molecule has 1 N–H and O–H groups in total. The number of alkyl halides is 3. The zero-order valence-electron chi connectivity index (χ0n) is 11.6. The van der Waals surface area contributed by atoms with E-state index in [4.69, 9.17) is 4.74 Å². The molecule has 116 valence electrons. The number of ether oxygens (including phenoxy) is 1. The molecule has 0 saturated heterocycles. The largest absolute Gasteiger partial charge is 0.497 e. The fraction of sp³-hybridized carbons (Fsp3) is 0.286. The molecular weight excluding hydrogens is 299 g/mol. The second kappa shape index (κ2) is 5.04. The van der Waals surface area contributed by atoms with E-state index in [1.54, 1.807) is 12.1 Å². The van der Waals surface area contributed by atoms with E-state index >= 15 is 0 Å². The summed E-state index contributed by atoms with van der Waals surface area (Å²) in [6.45, 7) is 0.550. The van der Waals surface area contributed by atoms with Crippen LogP contribution in [0.1, 0.15) is 16.7 Å². The lowest BCUT2D eigenvalue weighted by Crippen LogP contribution is -2.28. The molecule has 8 heteroatoms. The Labute approximate surface area is 123 Å². The van der Waals surface area contributed by atoms with Gasteiger partial charge in [-0.15, -0.1) is 0 Å². The van der Waals surface area contributed by atoms with Crippen molar-refractivity contribution in [2.75, 3.05) is 12.0 Å². The fourth-order valence-electron chi connectivity index (χ4n) is 2.57.